The molecule has 2 aliphatic carbocycles. The summed E-state index contributed by atoms with van der Waals surface area (Å²) in [6.07, 6.45) is 7.40. The molecule has 2 aliphatic rings. The highest BCUT2D eigenvalue weighted by molar-refractivity contribution is 5.97. The van der Waals surface area contributed by atoms with E-state index in [2.05, 4.69) is 85.3 Å². The van der Waals surface area contributed by atoms with Gasteiger partial charge in [0.1, 0.15) is 0 Å². The topological polar surface area (TPSA) is 25.8 Å². The smallest absolute Gasteiger partial charge is 0.0273 e. The molecule has 2 aromatic heterocycles. The van der Waals surface area contributed by atoms with Crippen LogP contribution in [0.2, 0.25) is 0 Å². The van der Waals surface area contributed by atoms with Crippen molar-refractivity contribution in [2.45, 2.75) is 26.2 Å². The van der Waals surface area contributed by atoms with Gasteiger partial charge in [0.15, 0.2) is 0 Å². The van der Waals surface area contributed by atoms with Gasteiger partial charge in [-0.05, 0) is 74.7 Å². The highest BCUT2D eigenvalue weighted by Crippen LogP contribution is 2.43. The number of hydrogen-bond acceptors (Lipinski definition) is 2. The average molecular weight is 338 g/mol. The van der Waals surface area contributed by atoms with E-state index in [1.54, 1.807) is 0 Å². The van der Waals surface area contributed by atoms with Crippen LogP contribution in [0.1, 0.15) is 26.3 Å². The Morgan fingerprint density at radius 3 is 1.35 bits per heavy atom. The van der Waals surface area contributed by atoms with Crippen molar-refractivity contribution in [2.24, 2.45) is 0 Å². The summed E-state index contributed by atoms with van der Waals surface area (Å²) in [5, 5.41) is 0. The lowest BCUT2D eigenvalue weighted by Gasteiger charge is -2.17. The lowest BCUT2D eigenvalue weighted by molar-refractivity contribution is 0.591. The van der Waals surface area contributed by atoms with Crippen LogP contribution in [0.15, 0.2) is 79.4 Å². The zero-order valence-electron chi connectivity index (χ0n) is 15.4. The lowest BCUT2D eigenvalue weighted by Crippen LogP contribution is -2.09. The van der Waals surface area contributed by atoms with E-state index in [1.165, 1.54) is 38.9 Å². The van der Waals surface area contributed by atoms with E-state index in [1.807, 2.05) is 24.8 Å². The van der Waals surface area contributed by atoms with E-state index in [9.17, 15) is 0 Å². The molecule has 2 heteroatoms. The first-order chi connectivity index (χ1) is 12.5. The molecule has 0 atom stereocenters. The normalized spacial score (nSPS) is 11.7. The fourth-order valence-electron chi connectivity index (χ4n) is 3.39. The van der Waals surface area contributed by atoms with Gasteiger partial charge in [-0.25, -0.2) is 0 Å². The monoisotopic (exact) mass is 338 g/mol. The second-order valence-electron chi connectivity index (χ2n) is 7.64. The van der Waals surface area contributed by atoms with E-state index in [0.29, 0.717) is 0 Å². The Bertz CT molecular complexity index is 925. The summed E-state index contributed by atoms with van der Waals surface area (Å²) in [6, 6.07) is 19.6. The molecule has 128 valence electrons. The second-order valence-corrected chi connectivity index (χ2v) is 7.64. The van der Waals surface area contributed by atoms with Gasteiger partial charge in [0, 0.05) is 24.8 Å². The Kier molecular flexibility index (Phi) is 4.04. The fraction of sp³-hybridized carbons (Fsp3) is 0.167. The molecule has 26 heavy (non-hydrogen) atoms. The van der Waals surface area contributed by atoms with Crippen LogP contribution in [0.5, 0.6) is 0 Å². The summed E-state index contributed by atoms with van der Waals surface area (Å²) in [6.45, 7) is 6.75. The molecule has 0 aromatic carbocycles. The first kappa shape index (κ1) is 16.5. The minimum absolute atomic E-state index is 0.115. The largest absolute Gasteiger partial charge is 0.265 e. The molecule has 0 N–H and O–H groups in total. The van der Waals surface area contributed by atoms with Gasteiger partial charge in [-0.3, -0.25) is 9.97 Å². The number of aromatic nitrogens is 2. The molecule has 0 radical (unpaired) electrons. The third-order valence-electron chi connectivity index (χ3n) is 4.87. The average Bonchev–Trinajstić information content (AvgIpc) is 2.85. The quantitative estimate of drug-likeness (QED) is 0.434. The minimum Gasteiger partial charge on any atom is -0.265 e. The van der Waals surface area contributed by atoms with Gasteiger partial charge in [-0.15, -0.1) is 0 Å². The Morgan fingerprint density at radius 1 is 0.538 bits per heavy atom. The predicted octanol–water partition coefficient (Wildman–Crippen LogP) is 6.21. The lowest BCUT2D eigenvalue weighted by atomic mass is 9.88. The van der Waals surface area contributed by atoms with Crippen LogP contribution >= 0.6 is 0 Å². The standard InChI is InChI=1S/C24H22N2/c1-24(2,3)19-4-6-20-21(7-5-19)23(18-10-14-26-15-11-18)16-22(20)17-8-12-25-13-9-17/h4-16H,1-3H3. The number of nitrogens with zero attached hydrogens (tertiary/aromatic N) is 2. The second kappa shape index (κ2) is 6.38. The molecule has 0 fully saturated rings. The number of pyridine rings is 2. The zero-order chi connectivity index (χ0) is 18.1. The maximum absolute atomic E-state index is 4.17. The fourth-order valence-corrected chi connectivity index (χ4v) is 3.39. The molecule has 0 unspecified atom stereocenters. The van der Waals surface area contributed by atoms with Crippen molar-refractivity contribution in [2.75, 3.05) is 0 Å². The van der Waals surface area contributed by atoms with Crippen molar-refractivity contribution in [1.29, 1.82) is 0 Å². The highest BCUT2D eigenvalue weighted by Gasteiger charge is 2.19. The van der Waals surface area contributed by atoms with E-state index >= 15 is 0 Å². The Hall–Kier alpha value is -3.00. The van der Waals surface area contributed by atoms with Gasteiger partial charge < -0.3 is 0 Å². The number of fused-ring (bicyclic) bond motifs is 1. The molecule has 0 aliphatic heterocycles. The molecule has 2 nitrogen and oxygen atoms in total. The van der Waals surface area contributed by atoms with Crippen LogP contribution in [0.4, 0.5) is 0 Å². The van der Waals surface area contributed by atoms with Gasteiger partial charge in [0.05, 0.1) is 0 Å². The molecular weight excluding hydrogens is 316 g/mol. The van der Waals surface area contributed by atoms with Crippen molar-refractivity contribution in [3.63, 3.8) is 0 Å². The summed E-state index contributed by atoms with van der Waals surface area (Å²) in [7, 11) is 0. The van der Waals surface area contributed by atoms with E-state index in [0.717, 1.165) is 0 Å². The van der Waals surface area contributed by atoms with Crippen molar-refractivity contribution in [3.8, 4) is 33.4 Å². The number of rotatable bonds is 2. The SMILES string of the molecule is CC(C)(C)c1ccc2c(-c3ccncc3)cc(-c3ccncc3)c-2cc1. The van der Waals surface area contributed by atoms with Crippen molar-refractivity contribution in [3.05, 3.63) is 84.9 Å². The molecule has 2 aromatic rings. The van der Waals surface area contributed by atoms with Crippen LogP contribution in [0, 0.1) is 0 Å². The summed E-state index contributed by atoms with van der Waals surface area (Å²) < 4.78 is 0. The maximum Gasteiger partial charge on any atom is 0.0273 e. The van der Waals surface area contributed by atoms with Crippen molar-refractivity contribution in [1.82, 2.24) is 9.97 Å². The van der Waals surface area contributed by atoms with Crippen LogP contribution < -0.4 is 0 Å². The van der Waals surface area contributed by atoms with Gasteiger partial charge >= 0.3 is 0 Å². The molecule has 0 saturated heterocycles. The Labute approximate surface area is 154 Å². The predicted molar refractivity (Wildman–Crippen MR) is 108 cm³/mol. The molecule has 0 bridgehead atoms. The van der Waals surface area contributed by atoms with Crippen LogP contribution in [-0.2, 0) is 5.41 Å². The molecule has 2 heterocycles. The molecule has 0 amide bonds. The van der Waals surface area contributed by atoms with Gasteiger partial charge in [-0.2, -0.15) is 0 Å². The zero-order valence-corrected chi connectivity index (χ0v) is 15.4. The third kappa shape index (κ3) is 2.99. The third-order valence-corrected chi connectivity index (χ3v) is 4.87. The first-order valence-electron chi connectivity index (χ1n) is 8.92. The van der Waals surface area contributed by atoms with Gasteiger partial charge in [0.2, 0.25) is 0 Å². The van der Waals surface area contributed by atoms with Crippen LogP contribution in [-0.4, -0.2) is 9.97 Å². The van der Waals surface area contributed by atoms with Crippen LogP contribution in [0.3, 0.4) is 0 Å². The van der Waals surface area contributed by atoms with Gasteiger partial charge in [0.25, 0.3) is 0 Å². The van der Waals surface area contributed by atoms with E-state index in [4.69, 9.17) is 0 Å². The van der Waals surface area contributed by atoms with Gasteiger partial charge in [-0.1, -0.05) is 45.0 Å². The molecule has 0 saturated carbocycles. The van der Waals surface area contributed by atoms with Crippen molar-refractivity contribution >= 4 is 0 Å². The Balaban J connectivity index is 2.00. The highest BCUT2D eigenvalue weighted by atomic mass is 14.6. The summed E-state index contributed by atoms with van der Waals surface area (Å²) >= 11 is 0. The molecular formula is C24H22N2. The Morgan fingerprint density at radius 2 is 0.962 bits per heavy atom. The van der Waals surface area contributed by atoms with E-state index < -0.39 is 0 Å². The number of hydrogen-bond donors (Lipinski definition) is 0. The summed E-state index contributed by atoms with van der Waals surface area (Å²) in [5.74, 6) is 0. The molecule has 0 spiro atoms. The minimum atomic E-state index is 0.115. The first-order valence-corrected chi connectivity index (χ1v) is 8.92. The summed E-state index contributed by atoms with van der Waals surface area (Å²) in [5.41, 5.74) is 8.83. The van der Waals surface area contributed by atoms with E-state index in [-0.39, 0.29) is 5.41 Å². The van der Waals surface area contributed by atoms with Crippen LogP contribution in [0.25, 0.3) is 33.4 Å². The molecule has 4 rings (SSSR count). The summed E-state index contributed by atoms with van der Waals surface area (Å²) in [4.78, 5) is 8.33. The van der Waals surface area contributed by atoms with Crippen molar-refractivity contribution < 1.29 is 0 Å². The maximum atomic E-state index is 4.17.